The zero-order valence-corrected chi connectivity index (χ0v) is 10.5. The Balaban J connectivity index is 2.48. The summed E-state index contributed by atoms with van der Waals surface area (Å²) in [6.07, 6.45) is 0.645. The first-order chi connectivity index (χ1) is 7.65. The molecule has 1 N–H and O–H groups in total. The van der Waals surface area contributed by atoms with Gasteiger partial charge in [0.1, 0.15) is 5.82 Å². The van der Waals surface area contributed by atoms with Crippen LogP contribution < -0.4 is 5.32 Å². The van der Waals surface area contributed by atoms with E-state index in [1.807, 2.05) is 14.1 Å². The van der Waals surface area contributed by atoms with Gasteiger partial charge in [0.05, 0.1) is 0 Å². The molecule has 0 aliphatic carbocycles. The maximum Gasteiger partial charge on any atom is 0.127 e. The van der Waals surface area contributed by atoms with Crippen molar-refractivity contribution in [1.29, 1.82) is 0 Å². The van der Waals surface area contributed by atoms with Crippen LogP contribution in [0, 0.1) is 5.82 Å². The first-order valence-corrected chi connectivity index (χ1v) is 5.79. The molecule has 0 fully saturated rings. The van der Waals surface area contributed by atoms with Crippen LogP contribution >= 0.6 is 11.6 Å². The summed E-state index contributed by atoms with van der Waals surface area (Å²) >= 11 is 5.95. The highest BCUT2D eigenvalue weighted by atomic mass is 35.5. The molecule has 4 heteroatoms. The van der Waals surface area contributed by atoms with E-state index in [0.29, 0.717) is 17.0 Å². The van der Waals surface area contributed by atoms with Gasteiger partial charge in [0, 0.05) is 30.2 Å². The highest BCUT2D eigenvalue weighted by Crippen LogP contribution is 2.19. The maximum absolute atomic E-state index is 13.4. The lowest BCUT2D eigenvalue weighted by molar-refractivity contribution is 0.338. The average Bonchev–Trinajstić information content (AvgIpc) is 2.25. The first kappa shape index (κ1) is 13.4. The van der Waals surface area contributed by atoms with Crippen molar-refractivity contribution in [1.82, 2.24) is 10.2 Å². The average molecular weight is 245 g/mol. The van der Waals surface area contributed by atoms with E-state index >= 15 is 0 Å². The second-order valence-electron chi connectivity index (χ2n) is 3.86. The van der Waals surface area contributed by atoms with Crippen molar-refractivity contribution in [2.45, 2.75) is 6.42 Å². The summed E-state index contributed by atoms with van der Waals surface area (Å²) in [5.74, 6) is -0.213. The van der Waals surface area contributed by atoms with Crippen LogP contribution in [-0.2, 0) is 6.42 Å². The van der Waals surface area contributed by atoms with Gasteiger partial charge < -0.3 is 10.2 Å². The van der Waals surface area contributed by atoms with Gasteiger partial charge in [-0.25, -0.2) is 4.39 Å². The molecule has 16 heavy (non-hydrogen) atoms. The predicted octanol–water partition coefficient (Wildman–Crippen LogP) is 2.17. The van der Waals surface area contributed by atoms with Gasteiger partial charge in [-0.1, -0.05) is 17.7 Å². The molecule has 0 heterocycles. The van der Waals surface area contributed by atoms with Crippen LogP contribution in [-0.4, -0.2) is 38.6 Å². The van der Waals surface area contributed by atoms with E-state index in [-0.39, 0.29) is 5.82 Å². The molecule has 2 nitrogen and oxygen atoms in total. The molecule has 1 aromatic carbocycles. The summed E-state index contributed by atoms with van der Waals surface area (Å²) in [6, 6.07) is 4.81. The summed E-state index contributed by atoms with van der Waals surface area (Å²) < 4.78 is 13.4. The van der Waals surface area contributed by atoms with Crippen LogP contribution in [0.2, 0.25) is 5.02 Å². The molecule has 0 unspecified atom stereocenters. The largest absolute Gasteiger partial charge is 0.318 e. The number of likely N-dealkylation sites (N-methyl/N-ethyl adjacent to an activating group) is 2. The Labute approximate surface area is 101 Å². The van der Waals surface area contributed by atoms with Crippen LogP contribution in [0.5, 0.6) is 0 Å². The van der Waals surface area contributed by atoms with Gasteiger partial charge in [0.2, 0.25) is 0 Å². The Bertz CT molecular complexity index is 311. The summed E-state index contributed by atoms with van der Waals surface area (Å²) in [5, 5.41) is 3.59. The zero-order valence-electron chi connectivity index (χ0n) is 9.76. The normalized spacial score (nSPS) is 11.1. The number of hydrogen-bond donors (Lipinski definition) is 1. The highest BCUT2D eigenvalue weighted by molar-refractivity contribution is 6.31. The molecule has 1 aromatic rings. The minimum atomic E-state index is -0.213. The lowest BCUT2D eigenvalue weighted by atomic mass is 10.1. The molecule has 0 atom stereocenters. The van der Waals surface area contributed by atoms with Crippen LogP contribution in [0.1, 0.15) is 5.56 Å². The smallest absolute Gasteiger partial charge is 0.127 e. The summed E-state index contributed by atoms with van der Waals surface area (Å²) in [6.45, 7) is 2.69. The van der Waals surface area contributed by atoms with E-state index in [2.05, 4.69) is 10.2 Å². The Morgan fingerprint density at radius 3 is 2.75 bits per heavy atom. The molecular formula is C12H18ClFN2. The minimum absolute atomic E-state index is 0.213. The summed E-state index contributed by atoms with van der Waals surface area (Å²) in [7, 11) is 3.94. The topological polar surface area (TPSA) is 15.3 Å². The van der Waals surface area contributed by atoms with Crippen LogP contribution in [0.25, 0.3) is 0 Å². The quantitative estimate of drug-likeness (QED) is 0.825. The lowest BCUT2D eigenvalue weighted by Crippen LogP contribution is -2.29. The number of hydrogen-bond acceptors (Lipinski definition) is 2. The molecule has 0 aliphatic rings. The van der Waals surface area contributed by atoms with Crippen molar-refractivity contribution in [3.63, 3.8) is 0 Å². The highest BCUT2D eigenvalue weighted by Gasteiger charge is 2.07. The molecule has 0 amide bonds. The minimum Gasteiger partial charge on any atom is -0.318 e. The van der Waals surface area contributed by atoms with Crippen molar-refractivity contribution >= 4 is 11.6 Å². The molecule has 0 radical (unpaired) electrons. The van der Waals surface area contributed by atoms with Crippen molar-refractivity contribution in [2.75, 3.05) is 33.7 Å². The van der Waals surface area contributed by atoms with Gasteiger partial charge in [0.15, 0.2) is 0 Å². The van der Waals surface area contributed by atoms with Crippen LogP contribution in [0.4, 0.5) is 4.39 Å². The van der Waals surface area contributed by atoms with E-state index in [4.69, 9.17) is 11.6 Å². The fourth-order valence-electron chi connectivity index (χ4n) is 1.49. The van der Waals surface area contributed by atoms with Gasteiger partial charge >= 0.3 is 0 Å². The van der Waals surface area contributed by atoms with E-state index in [0.717, 1.165) is 19.6 Å². The SMILES string of the molecule is CNCCN(C)CCc1c(F)cccc1Cl. The van der Waals surface area contributed by atoms with E-state index in [1.165, 1.54) is 6.07 Å². The lowest BCUT2D eigenvalue weighted by Gasteiger charge is -2.16. The Hall–Kier alpha value is -0.640. The third-order valence-corrected chi connectivity index (χ3v) is 2.90. The molecule has 90 valence electrons. The van der Waals surface area contributed by atoms with Crippen molar-refractivity contribution < 1.29 is 4.39 Å². The molecule has 0 saturated carbocycles. The third-order valence-electron chi connectivity index (χ3n) is 2.55. The van der Waals surface area contributed by atoms with E-state index in [9.17, 15) is 4.39 Å². The molecule has 0 bridgehead atoms. The second-order valence-corrected chi connectivity index (χ2v) is 4.26. The van der Waals surface area contributed by atoms with Gasteiger partial charge in [-0.3, -0.25) is 0 Å². The Kier molecular flexibility index (Phi) is 5.74. The van der Waals surface area contributed by atoms with Gasteiger partial charge in [0.25, 0.3) is 0 Å². The molecule has 0 saturated heterocycles. The van der Waals surface area contributed by atoms with Gasteiger partial charge in [-0.2, -0.15) is 0 Å². The van der Waals surface area contributed by atoms with Crippen molar-refractivity contribution in [3.05, 3.63) is 34.6 Å². The Morgan fingerprint density at radius 2 is 2.12 bits per heavy atom. The van der Waals surface area contributed by atoms with E-state index < -0.39 is 0 Å². The molecule has 0 aromatic heterocycles. The van der Waals surface area contributed by atoms with Crippen LogP contribution in [0.15, 0.2) is 18.2 Å². The Morgan fingerprint density at radius 1 is 1.38 bits per heavy atom. The molecule has 0 aliphatic heterocycles. The standard InChI is InChI=1S/C12H18ClFN2/c1-15-7-9-16(2)8-6-10-11(13)4-3-5-12(10)14/h3-5,15H,6-9H2,1-2H3. The zero-order chi connectivity index (χ0) is 12.0. The summed E-state index contributed by atoms with van der Waals surface area (Å²) in [4.78, 5) is 2.15. The maximum atomic E-state index is 13.4. The number of benzene rings is 1. The van der Waals surface area contributed by atoms with Gasteiger partial charge in [-0.15, -0.1) is 0 Å². The first-order valence-electron chi connectivity index (χ1n) is 5.41. The molecular weight excluding hydrogens is 227 g/mol. The predicted molar refractivity (Wildman–Crippen MR) is 66.5 cm³/mol. The van der Waals surface area contributed by atoms with Gasteiger partial charge in [-0.05, 0) is 32.6 Å². The summed E-state index contributed by atoms with van der Waals surface area (Å²) in [5.41, 5.74) is 0.612. The molecule has 1 rings (SSSR count). The number of nitrogens with zero attached hydrogens (tertiary/aromatic N) is 1. The number of nitrogens with one attached hydrogen (secondary N) is 1. The van der Waals surface area contributed by atoms with Crippen molar-refractivity contribution in [2.24, 2.45) is 0 Å². The monoisotopic (exact) mass is 244 g/mol. The second kappa shape index (κ2) is 6.84. The third kappa shape index (κ3) is 4.08. The number of halogens is 2. The van der Waals surface area contributed by atoms with E-state index in [1.54, 1.807) is 12.1 Å². The number of rotatable bonds is 6. The fourth-order valence-corrected chi connectivity index (χ4v) is 1.75. The van der Waals surface area contributed by atoms with Crippen LogP contribution in [0.3, 0.4) is 0 Å². The fraction of sp³-hybridized carbons (Fsp3) is 0.500. The molecule has 0 spiro atoms. The van der Waals surface area contributed by atoms with Crippen molar-refractivity contribution in [3.8, 4) is 0 Å².